The first kappa shape index (κ1) is 18.2. The van der Waals surface area contributed by atoms with E-state index in [0.717, 1.165) is 24.3 Å². The number of hydrogen-bond acceptors (Lipinski definition) is 4. The van der Waals surface area contributed by atoms with Gasteiger partial charge in [0.15, 0.2) is 5.78 Å². The van der Waals surface area contributed by atoms with E-state index in [-0.39, 0.29) is 24.2 Å². The third-order valence-electron chi connectivity index (χ3n) is 5.61. The molecule has 0 saturated carbocycles. The maximum absolute atomic E-state index is 14.1. The molecule has 1 aliphatic heterocycles. The number of hydrogen-bond donors (Lipinski definition) is 0. The van der Waals surface area contributed by atoms with Crippen LogP contribution < -0.4 is 9.64 Å². The Hall–Kier alpha value is -2.21. The number of morpholine rings is 1. The second-order valence-electron chi connectivity index (χ2n) is 7.22. The molecule has 1 atom stereocenters. The average molecular weight is 375 g/mol. The van der Waals surface area contributed by atoms with Crippen LogP contribution in [0.25, 0.3) is 0 Å². The fourth-order valence-electron chi connectivity index (χ4n) is 4.15. The van der Waals surface area contributed by atoms with Crippen molar-refractivity contribution in [3.8, 4) is 5.75 Å². The molecule has 0 bridgehead atoms. The molecule has 1 unspecified atom stereocenters. The highest BCUT2D eigenvalue weighted by Gasteiger charge is 2.34. The molecule has 1 fully saturated rings. The van der Waals surface area contributed by atoms with Crippen LogP contribution in [0.2, 0.25) is 0 Å². The summed E-state index contributed by atoms with van der Waals surface area (Å²) in [7, 11) is 1.59. The fourth-order valence-corrected chi connectivity index (χ4v) is 4.15. The van der Waals surface area contributed by atoms with E-state index in [1.807, 2.05) is 6.07 Å². The molecule has 4 nitrogen and oxygen atoms in total. The van der Waals surface area contributed by atoms with E-state index in [2.05, 4.69) is 4.90 Å². The predicted octanol–water partition coefficient (Wildman–Crippen LogP) is 4.15. The number of ketones is 1. The quantitative estimate of drug-likeness (QED) is 0.793. The minimum absolute atomic E-state index is 0.0597. The second kappa shape index (κ2) is 7.43. The van der Waals surface area contributed by atoms with Crippen LogP contribution in [0.4, 0.5) is 14.5 Å². The molecule has 144 valence electrons. The van der Waals surface area contributed by atoms with Crippen LogP contribution in [-0.4, -0.2) is 39.2 Å². The lowest BCUT2D eigenvalue weighted by molar-refractivity contribution is 0.0935. The van der Waals surface area contributed by atoms with E-state index in [0.29, 0.717) is 37.4 Å². The summed E-state index contributed by atoms with van der Waals surface area (Å²) in [6.45, 7) is 2.84. The summed E-state index contributed by atoms with van der Waals surface area (Å²) in [6.07, 6.45) is 2.60. The lowest BCUT2D eigenvalue weighted by atomic mass is 9.91. The SMILES string of the molecule is COc1cc2c(cc1N1CCOCC1)CC(CC1=C(F)CCC=C1F)C2=O. The van der Waals surface area contributed by atoms with Gasteiger partial charge in [0.05, 0.1) is 26.0 Å². The van der Waals surface area contributed by atoms with Crippen molar-refractivity contribution in [1.29, 1.82) is 0 Å². The van der Waals surface area contributed by atoms with Crippen molar-refractivity contribution in [3.05, 3.63) is 46.6 Å². The standard InChI is InChI=1S/C21H23F2NO3/c1-26-20-12-15-13(11-19(20)24-5-7-27-8-6-24)9-14(21(15)25)10-16-17(22)3-2-4-18(16)23/h3,11-12,14H,2,4-10H2,1H3. The summed E-state index contributed by atoms with van der Waals surface area (Å²) in [4.78, 5) is 15.1. The van der Waals surface area contributed by atoms with Gasteiger partial charge in [0.2, 0.25) is 0 Å². The van der Waals surface area contributed by atoms with Crippen molar-refractivity contribution in [2.45, 2.75) is 25.7 Å². The van der Waals surface area contributed by atoms with Gasteiger partial charge in [-0.3, -0.25) is 4.79 Å². The molecule has 0 N–H and O–H groups in total. The second-order valence-corrected chi connectivity index (χ2v) is 7.22. The van der Waals surface area contributed by atoms with E-state index >= 15 is 0 Å². The van der Waals surface area contributed by atoms with Crippen molar-refractivity contribution >= 4 is 11.5 Å². The molecule has 1 heterocycles. The normalized spacial score (nSPS) is 22.8. The summed E-state index contributed by atoms with van der Waals surface area (Å²) >= 11 is 0. The zero-order valence-electron chi connectivity index (χ0n) is 15.4. The Bertz CT molecular complexity index is 825. The topological polar surface area (TPSA) is 38.8 Å². The Kier molecular flexibility index (Phi) is 5.00. The van der Waals surface area contributed by atoms with Gasteiger partial charge in [-0.1, -0.05) is 0 Å². The van der Waals surface area contributed by atoms with E-state index < -0.39 is 17.6 Å². The Balaban J connectivity index is 1.61. The first-order chi connectivity index (χ1) is 13.1. The Morgan fingerprint density at radius 2 is 2.04 bits per heavy atom. The molecule has 0 spiro atoms. The van der Waals surface area contributed by atoms with E-state index in [9.17, 15) is 13.6 Å². The number of rotatable bonds is 4. The number of Topliss-reactive ketones (excluding diaryl/α,β-unsaturated/α-hetero) is 1. The summed E-state index contributed by atoms with van der Waals surface area (Å²) in [6, 6.07) is 3.77. The number of carbonyl (C=O) groups is 1. The largest absolute Gasteiger partial charge is 0.495 e. The van der Waals surface area contributed by atoms with Crippen LogP contribution in [0.15, 0.2) is 35.4 Å². The third kappa shape index (κ3) is 3.38. The summed E-state index contributed by atoms with van der Waals surface area (Å²) in [5.74, 6) is -0.781. The molecular formula is C21H23F2NO3. The zero-order valence-corrected chi connectivity index (χ0v) is 15.4. The van der Waals surface area contributed by atoms with Gasteiger partial charge in [0, 0.05) is 36.6 Å². The van der Waals surface area contributed by atoms with Crippen molar-refractivity contribution in [2.75, 3.05) is 38.3 Å². The molecule has 6 heteroatoms. The maximum atomic E-state index is 14.1. The molecule has 1 aromatic carbocycles. The van der Waals surface area contributed by atoms with Crippen molar-refractivity contribution in [2.24, 2.45) is 5.92 Å². The number of halogens is 2. The van der Waals surface area contributed by atoms with E-state index in [4.69, 9.17) is 9.47 Å². The van der Waals surface area contributed by atoms with Crippen molar-refractivity contribution < 1.29 is 23.0 Å². The minimum Gasteiger partial charge on any atom is -0.495 e. The van der Waals surface area contributed by atoms with Crippen LogP contribution in [0, 0.1) is 5.92 Å². The highest BCUT2D eigenvalue weighted by atomic mass is 19.1. The predicted molar refractivity (Wildman–Crippen MR) is 98.7 cm³/mol. The minimum atomic E-state index is -0.519. The van der Waals surface area contributed by atoms with Gasteiger partial charge in [0.1, 0.15) is 17.4 Å². The van der Waals surface area contributed by atoms with Gasteiger partial charge in [-0.25, -0.2) is 8.78 Å². The molecule has 1 saturated heterocycles. The molecular weight excluding hydrogens is 352 g/mol. The van der Waals surface area contributed by atoms with E-state index in [1.165, 1.54) is 6.08 Å². The molecule has 27 heavy (non-hydrogen) atoms. The number of fused-ring (bicyclic) bond motifs is 1. The van der Waals surface area contributed by atoms with Gasteiger partial charge in [0.25, 0.3) is 0 Å². The lowest BCUT2D eigenvalue weighted by Crippen LogP contribution is -2.36. The van der Waals surface area contributed by atoms with E-state index in [1.54, 1.807) is 13.2 Å². The van der Waals surface area contributed by atoms with Crippen molar-refractivity contribution in [3.63, 3.8) is 0 Å². The summed E-state index contributed by atoms with van der Waals surface area (Å²) < 4.78 is 39.1. The molecule has 0 aromatic heterocycles. The molecule has 3 aliphatic rings. The average Bonchev–Trinajstić information content (AvgIpc) is 2.99. The van der Waals surface area contributed by atoms with Crippen LogP contribution in [0.5, 0.6) is 5.75 Å². The smallest absolute Gasteiger partial charge is 0.167 e. The van der Waals surface area contributed by atoms with Crippen LogP contribution in [0.3, 0.4) is 0 Å². The Morgan fingerprint density at radius 1 is 1.26 bits per heavy atom. The number of carbonyl (C=O) groups excluding carboxylic acids is 1. The fraction of sp³-hybridized carbons (Fsp3) is 0.476. The number of ether oxygens (including phenoxy) is 2. The summed E-state index contributed by atoms with van der Waals surface area (Å²) in [5.41, 5.74) is 2.54. The third-order valence-corrected chi connectivity index (χ3v) is 5.61. The number of methoxy groups -OCH3 is 1. The Morgan fingerprint density at radius 3 is 2.74 bits per heavy atom. The number of allylic oxidation sites excluding steroid dienone is 4. The first-order valence-electron chi connectivity index (χ1n) is 9.40. The highest BCUT2D eigenvalue weighted by Crippen LogP contribution is 2.41. The van der Waals surface area contributed by atoms with Crippen LogP contribution >= 0.6 is 0 Å². The maximum Gasteiger partial charge on any atom is 0.167 e. The molecule has 0 amide bonds. The van der Waals surface area contributed by atoms with Gasteiger partial charge in [-0.2, -0.15) is 0 Å². The van der Waals surface area contributed by atoms with Gasteiger partial charge >= 0.3 is 0 Å². The number of benzene rings is 1. The van der Waals surface area contributed by atoms with Crippen LogP contribution in [0.1, 0.15) is 35.2 Å². The monoisotopic (exact) mass is 375 g/mol. The molecule has 0 radical (unpaired) electrons. The van der Waals surface area contributed by atoms with Crippen LogP contribution in [-0.2, 0) is 11.2 Å². The highest BCUT2D eigenvalue weighted by molar-refractivity contribution is 6.03. The van der Waals surface area contributed by atoms with Gasteiger partial charge in [-0.15, -0.1) is 0 Å². The summed E-state index contributed by atoms with van der Waals surface area (Å²) in [5, 5.41) is 0. The van der Waals surface area contributed by atoms with Gasteiger partial charge < -0.3 is 14.4 Å². The Labute approximate surface area is 157 Å². The lowest BCUT2D eigenvalue weighted by Gasteiger charge is -2.30. The zero-order chi connectivity index (χ0) is 19.0. The molecule has 4 rings (SSSR count). The first-order valence-corrected chi connectivity index (χ1v) is 9.40. The molecule has 2 aliphatic carbocycles. The van der Waals surface area contributed by atoms with Gasteiger partial charge in [-0.05, 0) is 43.0 Å². The number of nitrogens with zero attached hydrogens (tertiary/aromatic N) is 1. The molecule has 1 aromatic rings. The van der Waals surface area contributed by atoms with Crippen molar-refractivity contribution in [1.82, 2.24) is 0 Å². The number of anilines is 1.